The lowest BCUT2D eigenvalue weighted by Gasteiger charge is -2.25. The van der Waals surface area contributed by atoms with Crippen molar-refractivity contribution >= 4 is 16.9 Å². The highest BCUT2D eigenvalue weighted by atomic mass is 19.1. The molecule has 0 N–H and O–H groups in total. The number of carbonyl (C=O) groups is 1. The van der Waals surface area contributed by atoms with Crippen molar-refractivity contribution in [2.45, 2.75) is 40.3 Å². The number of para-hydroxylation sites is 2. The predicted octanol–water partition coefficient (Wildman–Crippen LogP) is 4.88. The fourth-order valence-corrected chi connectivity index (χ4v) is 3.35. The molecule has 3 rings (SSSR count). The normalized spacial score (nSPS) is 11.3. The van der Waals surface area contributed by atoms with E-state index in [1.165, 1.54) is 6.07 Å². The number of aromatic nitrogens is 2. The third kappa shape index (κ3) is 4.18. The maximum Gasteiger partial charge on any atom is 0.257 e. The highest BCUT2D eigenvalue weighted by Crippen LogP contribution is 2.20. The Balaban J connectivity index is 1.98. The van der Waals surface area contributed by atoms with Crippen molar-refractivity contribution in [2.24, 2.45) is 5.92 Å². The van der Waals surface area contributed by atoms with Gasteiger partial charge in [0, 0.05) is 13.1 Å². The van der Waals surface area contributed by atoms with Crippen molar-refractivity contribution in [2.75, 3.05) is 6.54 Å². The highest BCUT2D eigenvalue weighted by Gasteiger charge is 2.22. The number of hydrogen-bond acceptors (Lipinski definition) is 2. The summed E-state index contributed by atoms with van der Waals surface area (Å²) >= 11 is 0. The summed E-state index contributed by atoms with van der Waals surface area (Å²) in [5, 5.41) is 0. The Morgan fingerprint density at radius 1 is 1.15 bits per heavy atom. The lowest BCUT2D eigenvalue weighted by Crippen LogP contribution is -2.35. The van der Waals surface area contributed by atoms with Gasteiger partial charge in [0.2, 0.25) is 0 Å². The molecule has 4 nitrogen and oxygen atoms in total. The molecule has 0 saturated heterocycles. The van der Waals surface area contributed by atoms with Gasteiger partial charge in [-0.25, -0.2) is 9.37 Å². The molecule has 0 fully saturated rings. The number of rotatable bonds is 7. The van der Waals surface area contributed by atoms with Crippen molar-refractivity contribution in [3.8, 4) is 0 Å². The number of fused-ring (bicyclic) bond motifs is 1. The lowest BCUT2D eigenvalue weighted by atomic mass is 10.1. The molecule has 0 aliphatic heterocycles. The molecule has 142 valence electrons. The topological polar surface area (TPSA) is 38.1 Å². The molecule has 0 spiro atoms. The smallest absolute Gasteiger partial charge is 0.257 e. The highest BCUT2D eigenvalue weighted by molar-refractivity contribution is 5.94. The van der Waals surface area contributed by atoms with Crippen LogP contribution in [0.3, 0.4) is 0 Å². The number of nitrogens with zero attached hydrogens (tertiary/aromatic N) is 3. The number of hydrogen-bond donors (Lipinski definition) is 0. The van der Waals surface area contributed by atoms with Crippen molar-refractivity contribution in [1.29, 1.82) is 0 Å². The summed E-state index contributed by atoms with van der Waals surface area (Å²) in [7, 11) is 0. The van der Waals surface area contributed by atoms with Crippen LogP contribution < -0.4 is 0 Å². The number of imidazole rings is 1. The van der Waals surface area contributed by atoms with E-state index in [2.05, 4.69) is 25.3 Å². The van der Waals surface area contributed by atoms with E-state index in [1.54, 1.807) is 23.1 Å². The second-order valence-corrected chi connectivity index (χ2v) is 7.23. The second kappa shape index (κ2) is 8.33. The molecular weight excluding hydrogens is 341 g/mol. The second-order valence-electron chi connectivity index (χ2n) is 7.23. The van der Waals surface area contributed by atoms with Gasteiger partial charge in [-0.1, -0.05) is 45.0 Å². The van der Waals surface area contributed by atoms with Crippen LogP contribution in [0.25, 0.3) is 11.0 Å². The average Bonchev–Trinajstić information content (AvgIpc) is 2.98. The SMILES string of the molecule is CCCn1c(CN(CC(C)C)C(=O)c2ccccc2F)nc2ccccc21. The molecule has 0 unspecified atom stereocenters. The van der Waals surface area contributed by atoms with E-state index in [1.807, 2.05) is 24.3 Å². The van der Waals surface area contributed by atoms with Crippen LogP contribution >= 0.6 is 0 Å². The number of carbonyl (C=O) groups excluding carboxylic acids is 1. The van der Waals surface area contributed by atoms with Crippen LogP contribution in [-0.2, 0) is 13.1 Å². The monoisotopic (exact) mass is 367 g/mol. The van der Waals surface area contributed by atoms with Gasteiger partial charge in [0.1, 0.15) is 11.6 Å². The van der Waals surface area contributed by atoms with Gasteiger partial charge in [0.15, 0.2) is 0 Å². The molecule has 0 saturated carbocycles. The van der Waals surface area contributed by atoms with Crippen molar-refractivity contribution in [3.05, 3.63) is 65.7 Å². The van der Waals surface area contributed by atoms with Crippen molar-refractivity contribution in [1.82, 2.24) is 14.5 Å². The Morgan fingerprint density at radius 2 is 1.85 bits per heavy atom. The Kier molecular flexibility index (Phi) is 5.89. The van der Waals surface area contributed by atoms with Crippen LogP contribution in [-0.4, -0.2) is 26.9 Å². The van der Waals surface area contributed by atoms with E-state index in [9.17, 15) is 9.18 Å². The molecule has 0 radical (unpaired) electrons. The van der Waals surface area contributed by atoms with Crippen LogP contribution in [0.4, 0.5) is 4.39 Å². The summed E-state index contributed by atoms with van der Waals surface area (Å²) in [5.74, 6) is 0.323. The van der Waals surface area contributed by atoms with Crippen molar-refractivity contribution in [3.63, 3.8) is 0 Å². The molecule has 3 aromatic rings. The van der Waals surface area contributed by atoms with E-state index < -0.39 is 5.82 Å². The minimum Gasteiger partial charge on any atom is -0.331 e. The van der Waals surface area contributed by atoms with E-state index in [0.29, 0.717) is 13.1 Å². The minimum atomic E-state index is -0.488. The first-order valence-electron chi connectivity index (χ1n) is 9.49. The predicted molar refractivity (Wildman–Crippen MR) is 106 cm³/mol. The van der Waals surface area contributed by atoms with Crippen LogP contribution in [0.1, 0.15) is 43.4 Å². The van der Waals surface area contributed by atoms with Gasteiger partial charge in [0.25, 0.3) is 5.91 Å². The third-order valence-electron chi connectivity index (χ3n) is 4.49. The van der Waals surface area contributed by atoms with Gasteiger partial charge in [-0.05, 0) is 36.6 Å². The number of benzene rings is 2. The Hall–Kier alpha value is -2.69. The number of halogens is 1. The van der Waals surface area contributed by atoms with E-state index in [4.69, 9.17) is 4.98 Å². The molecule has 0 aliphatic carbocycles. The fourth-order valence-electron chi connectivity index (χ4n) is 3.35. The molecule has 1 heterocycles. The first-order valence-corrected chi connectivity index (χ1v) is 9.49. The summed E-state index contributed by atoms with van der Waals surface area (Å²) in [4.78, 5) is 19.5. The quantitative estimate of drug-likeness (QED) is 0.597. The Bertz CT molecular complexity index is 932. The summed E-state index contributed by atoms with van der Waals surface area (Å²) in [6, 6.07) is 14.1. The van der Waals surface area contributed by atoms with Gasteiger partial charge in [-0.3, -0.25) is 4.79 Å². The van der Waals surface area contributed by atoms with Crippen LogP contribution in [0.2, 0.25) is 0 Å². The van der Waals surface area contributed by atoms with Crippen LogP contribution in [0.15, 0.2) is 48.5 Å². The first-order chi connectivity index (χ1) is 13.0. The first kappa shape index (κ1) is 19.1. The standard InChI is InChI=1S/C22H26FN3O/c1-4-13-26-20-12-8-7-11-19(20)24-21(26)15-25(14-16(2)3)22(27)17-9-5-6-10-18(17)23/h5-12,16H,4,13-15H2,1-3H3. The van der Waals surface area contributed by atoms with E-state index in [-0.39, 0.29) is 17.4 Å². The zero-order valence-electron chi connectivity index (χ0n) is 16.2. The van der Waals surface area contributed by atoms with Gasteiger partial charge in [-0.2, -0.15) is 0 Å². The van der Waals surface area contributed by atoms with E-state index >= 15 is 0 Å². The Morgan fingerprint density at radius 3 is 2.56 bits per heavy atom. The zero-order chi connectivity index (χ0) is 19.4. The summed E-state index contributed by atoms with van der Waals surface area (Å²) < 4.78 is 16.3. The molecule has 27 heavy (non-hydrogen) atoms. The molecule has 0 atom stereocenters. The molecule has 1 aromatic heterocycles. The van der Waals surface area contributed by atoms with Gasteiger partial charge in [-0.15, -0.1) is 0 Å². The molecule has 5 heteroatoms. The summed E-state index contributed by atoms with van der Waals surface area (Å²) in [5.41, 5.74) is 2.09. The maximum atomic E-state index is 14.2. The van der Waals surface area contributed by atoms with Gasteiger partial charge < -0.3 is 9.47 Å². The Labute approximate surface area is 159 Å². The molecular formula is C22H26FN3O. The molecule has 1 amide bonds. The number of aryl methyl sites for hydroxylation is 1. The largest absolute Gasteiger partial charge is 0.331 e. The van der Waals surface area contributed by atoms with Crippen LogP contribution in [0, 0.1) is 11.7 Å². The van der Waals surface area contributed by atoms with Gasteiger partial charge >= 0.3 is 0 Å². The number of amides is 1. The minimum absolute atomic E-state index is 0.108. The molecule has 0 bridgehead atoms. The van der Waals surface area contributed by atoms with Gasteiger partial charge in [0.05, 0.1) is 23.1 Å². The summed E-state index contributed by atoms with van der Waals surface area (Å²) in [6.45, 7) is 7.96. The lowest BCUT2D eigenvalue weighted by molar-refractivity contribution is 0.0711. The van der Waals surface area contributed by atoms with Crippen molar-refractivity contribution < 1.29 is 9.18 Å². The van der Waals surface area contributed by atoms with E-state index in [0.717, 1.165) is 29.8 Å². The molecule has 2 aromatic carbocycles. The average molecular weight is 367 g/mol. The van der Waals surface area contributed by atoms with Crippen LogP contribution in [0.5, 0.6) is 0 Å². The third-order valence-corrected chi connectivity index (χ3v) is 4.49. The molecule has 0 aliphatic rings. The zero-order valence-corrected chi connectivity index (χ0v) is 16.2. The maximum absolute atomic E-state index is 14.2. The summed E-state index contributed by atoms with van der Waals surface area (Å²) in [6.07, 6.45) is 0.971. The fraction of sp³-hybridized carbons (Fsp3) is 0.364.